The highest BCUT2D eigenvalue weighted by Gasteiger charge is 2.04. The molecule has 32 heavy (non-hydrogen) atoms. The van der Waals surface area contributed by atoms with E-state index in [1.165, 1.54) is 16.7 Å². The molecule has 2 aromatic rings. The van der Waals surface area contributed by atoms with Crippen molar-refractivity contribution in [3.05, 3.63) is 119 Å². The first-order chi connectivity index (χ1) is 15.5. The van der Waals surface area contributed by atoms with E-state index < -0.39 is 0 Å². The quantitative estimate of drug-likeness (QED) is 0.287. The van der Waals surface area contributed by atoms with E-state index in [-0.39, 0.29) is 0 Å². The topological polar surface area (TPSA) is 21.3 Å². The van der Waals surface area contributed by atoms with Crippen LogP contribution in [0.25, 0.3) is 6.08 Å². The SMILES string of the molecule is C=C/C=C(\C=C)COc1ccc(CNC(=S)c2ccc(C)c(/C=C\C=C(/C)CC)c2)cc1. The van der Waals surface area contributed by atoms with Crippen LogP contribution in [0.4, 0.5) is 0 Å². The average molecular weight is 444 g/mol. The second-order valence-corrected chi connectivity index (χ2v) is 8.00. The number of ether oxygens (including phenoxy) is 1. The van der Waals surface area contributed by atoms with Gasteiger partial charge in [-0.3, -0.25) is 0 Å². The second kappa shape index (κ2) is 13.3. The lowest BCUT2D eigenvalue weighted by Crippen LogP contribution is -2.21. The lowest BCUT2D eigenvalue weighted by atomic mass is 10.0. The summed E-state index contributed by atoms with van der Waals surface area (Å²) in [7, 11) is 0. The maximum atomic E-state index is 5.80. The van der Waals surface area contributed by atoms with Gasteiger partial charge in [-0.1, -0.05) is 98.6 Å². The monoisotopic (exact) mass is 443 g/mol. The summed E-state index contributed by atoms with van der Waals surface area (Å²) < 4.78 is 5.80. The van der Waals surface area contributed by atoms with E-state index in [4.69, 9.17) is 17.0 Å². The molecule has 3 heteroatoms. The number of thiocarbonyl (C=S) groups is 1. The normalized spacial score (nSPS) is 12.0. The average Bonchev–Trinajstić information content (AvgIpc) is 2.81. The summed E-state index contributed by atoms with van der Waals surface area (Å²) in [6.45, 7) is 15.0. The Morgan fingerprint density at radius 2 is 1.84 bits per heavy atom. The molecule has 0 amide bonds. The number of allylic oxidation sites excluding steroid dienone is 5. The van der Waals surface area contributed by atoms with Gasteiger partial charge in [-0.05, 0) is 60.7 Å². The molecule has 0 aromatic heterocycles. The summed E-state index contributed by atoms with van der Waals surface area (Å²) in [4.78, 5) is 0.741. The van der Waals surface area contributed by atoms with Crippen LogP contribution in [0.2, 0.25) is 0 Å². The Balaban J connectivity index is 1.96. The minimum atomic E-state index is 0.467. The summed E-state index contributed by atoms with van der Waals surface area (Å²) in [5, 5.41) is 3.36. The van der Waals surface area contributed by atoms with Gasteiger partial charge in [0.15, 0.2) is 0 Å². The van der Waals surface area contributed by atoms with E-state index in [1.54, 1.807) is 12.2 Å². The maximum Gasteiger partial charge on any atom is 0.119 e. The lowest BCUT2D eigenvalue weighted by Gasteiger charge is -2.11. The first-order valence-electron chi connectivity index (χ1n) is 10.8. The molecule has 0 saturated heterocycles. The fourth-order valence-corrected chi connectivity index (χ4v) is 3.08. The van der Waals surface area contributed by atoms with Crippen molar-refractivity contribution >= 4 is 23.3 Å². The van der Waals surface area contributed by atoms with Crippen molar-refractivity contribution in [2.24, 2.45) is 0 Å². The Bertz CT molecular complexity index is 1030. The van der Waals surface area contributed by atoms with Crippen LogP contribution in [0.1, 0.15) is 42.5 Å². The Morgan fingerprint density at radius 1 is 1.09 bits per heavy atom. The van der Waals surface area contributed by atoms with Crippen LogP contribution in [0.15, 0.2) is 97.1 Å². The van der Waals surface area contributed by atoms with E-state index in [2.05, 4.69) is 75.7 Å². The van der Waals surface area contributed by atoms with Crippen LogP contribution < -0.4 is 10.1 Å². The predicted molar refractivity (Wildman–Crippen MR) is 143 cm³/mol. The molecule has 2 nitrogen and oxygen atoms in total. The molecule has 0 atom stereocenters. The molecule has 0 unspecified atom stereocenters. The van der Waals surface area contributed by atoms with E-state index in [9.17, 15) is 0 Å². The van der Waals surface area contributed by atoms with Gasteiger partial charge in [-0.15, -0.1) is 0 Å². The molecule has 0 aliphatic carbocycles. The largest absolute Gasteiger partial charge is 0.489 e. The van der Waals surface area contributed by atoms with Gasteiger partial charge in [0.1, 0.15) is 17.3 Å². The fourth-order valence-electron chi connectivity index (χ4n) is 2.88. The third-order valence-corrected chi connectivity index (χ3v) is 5.51. The summed E-state index contributed by atoms with van der Waals surface area (Å²) in [6, 6.07) is 14.3. The predicted octanol–water partition coefficient (Wildman–Crippen LogP) is 7.51. The van der Waals surface area contributed by atoms with Crippen molar-refractivity contribution < 1.29 is 4.74 Å². The van der Waals surface area contributed by atoms with Crippen molar-refractivity contribution in [3.8, 4) is 5.75 Å². The van der Waals surface area contributed by atoms with Gasteiger partial charge >= 0.3 is 0 Å². The molecule has 2 aromatic carbocycles. The molecule has 0 spiro atoms. The molecule has 2 rings (SSSR count). The fraction of sp³-hybridized carbons (Fsp3) is 0.207. The van der Waals surface area contributed by atoms with Gasteiger partial charge in [0.05, 0.1) is 0 Å². The summed E-state index contributed by atoms with van der Waals surface area (Å²) in [6.07, 6.45) is 12.9. The highest BCUT2D eigenvalue weighted by molar-refractivity contribution is 7.80. The van der Waals surface area contributed by atoms with Crippen molar-refractivity contribution in [3.63, 3.8) is 0 Å². The van der Waals surface area contributed by atoms with Crippen molar-refractivity contribution in [1.29, 1.82) is 0 Å². The van der Waals surface area contributed by atoms with Crippen LogP contribution in [-0.2, 0) is 6.54 Å². The zero-order valence-electron chi connectivity index (χ0n) is 19.4. The minimum Gasteiger partial charge on any atom is -0.489 e. The zero-order valence-corrected chi connectivity index (χ0v) is 20.2. The Labute approximate surface area is 198 Å². The van der Waals surface area contributed by atoms with E-state index in [0.29, 0.717) is 13.2 Å². The third-order valence-electron chi connectivity index (χ3n) is 5.13. The molecule has 0 radical (unpaired) electrons. The molecule has 0 heterocycles. The molecular weight excluding hydrogens is 410 g/mol. The molecule has 0 saturated carbocycles. The number of nitrogens with one attached hydrogen (secondary N) is 1. The maximum absolute atomic E-state index is 5.80. The Kier molecular flexibility index (Phi) is 10.4. The first-order valence-corrected chi connectivity index (χ1v) is 11.3. The minimum absolute atomic E-state index is 0.467. The van der Waals surface area contributed by atoms with Gasteiger partial charge in [-0.25, -0.2) is 0 Å². The molecular formula is C29H33NOS. The highest BCUT2D eigenvalue weighted by atomic mass is 32.1. The van der Waals surface area contributed by atoms with Crippen molar-refractivity contribution in [2.75, 3.05) is 6.61 Å². The van der Waals surface area contributed by atoms with Gasteiger partial charge in [-0.2, -0.15) is 0 Å². The molecule has 0 aliphatic rings. The van der Waals surface area contributed by atoms with E-state index in [1.807, 2.05) is 30.3 Å². The smallest absolute Gasteiger partial charge is 0.119 e. The number of rotatable bonds is 11. The number of hydrogen-bond donors (Lipinski definition) is 1. The molecule has 166 valence electrons. The lowest BCUT2D eigenvalue weighted by molar-refractivity contribution is 0.355. The van der Waals surface area contributed by atoms with Gasteiger partial charge in [0.2, 0.25) is 0 Å². The number of benzene rings is 2. The standard InChI is InChI=1S/C29H33NOS/c1-6-10-24(8-3)21-31-28-17-14-25(15-18-28)20-30-29(32)27-16-13-23(5)26(19-27)12-9-11-22(4)7-2/h6,8-19H,1,3,7,20-21H2,2,4-5H3,(H,30,32)/b12-9-,22-11+,24-10+. The Morgan fingerprint density at radius 3 is 2.50 bits per heavy atom. The highest BCUT2D eigenvalue weighted by Crippen LogP contribution is 2.16. The van der Waals surface area contributed by atoms with E-state index >= 15 is 0 Å². The van der Waals surface area contributed by atoms with Gasteiger partial charge in [0.25, 0.3) is 0 Å². The molecule has 0 aliphatic heterocycles. The molecule has 1 N–H and O–H groups in total. The van der Waals surface area contributed by atoms with Crippen molar-refractivity contribution in [2.45, 2.75) is 33.7 Å². The van der Waals surface area contributed by atoms with Crippen LogP contribution >= 0.6 is 12.2 Å². The van der Waals surface area contributed by atoms with Gasteiger partial charge < -0.3 is 10.1 Å². The summed E-state index contributed by atoms with van der Waals surface area (Å²) in [5.74, 6) is 0.815. The molecule has 0 bridgehead atoms. The first kappa shape index (κ1) is 25.1. The number of aryl methyl sites for hydroxylation is 1. The van der Waals surface area contributed by atoms with Gasteiger partial charge in [0, 0.05) is 12.1 Å². The van der Waals surface area contributed by atoms with Crippen LogP contribution in [0, 0.1) is 6.92 Å². The van der Waals surface area contributed by atoms with Crippen LogP contribution in [0.3, 0.4) is 0 Å². The molecule has 0 fully saturated rings. The second-order valence-electron chi connectivity index (χ2n) is 7.59. The zero-order chi connectivity index (χ0) is 23.3. The van der Waals surface area contributed by atoms with Crippen LogP contribution in [-0.4, -0.2) is 11.6 Å². The van der Waals surface area contributed by atoms with Crippen LogP contribution in [0.5, 0.6) is 5.75 Å². The van der Waals surface area contributed by atoms with Crippen molar-refractivity contribution in [1.82, 2.24) is 5.32 Å². The number of hydrogen-bond acceptors (Lipinski definition) is 2. The third kappa shape index (κ3) is 8.16. The Hall–Kier alpha value is -3.17. The van der Waals surface area contributed by atoms with E-state index in [0.717, 1.165) is 33.9 Å². The summed E-state index contributed by atoms with van der Waals surface area (Å²) >= 11 is 5.63. The summed E-state index contributed by atoms with van der Waals surface area (Å²) in [5.41, 5.74) is 6.91.